The quantitative estimate of drug-likeness (QED) is 0.201. The molecule has 2 aromatic rings. The molecule has 1 heterocycles. The molecule has 0 unspecified atom stereocenters. The van der Waals surface area contributed by atoms with Gasteiger partial charge in [0.15, 0.2) is 5.96 Å². The highest BCUT2D eigenvalue weighted by molar-refractivity contribution is 14.0. The fourth-order valence-corrected chi connectivity index (χ4v) is 3.06. The number of aliphatic imine (C=N–C) groups is 1. The van der Waals surface area contributed by atoms with E-state index in [1.807, 2.05) is 19.2 Å². The minimum absolute atomic E-state index is 0. The largest absolute Gasteiger partial charge is 0.416 e. The molecule has 2 rings (SSSR count). The summed E-state index contributed by atoms with van der Waals surface area (Å²) in [6, 6.07) is 4.12. The van der Waals surface area contributed by atoms with Crippen LogP contribution < -0.4 is 16.0 Å². The van der Waals surface area contributed by atoms with Gasteiger partial charge in [0.25, 0.3) is 5.91 Å². The molecule has 0 radical (unpaired) electrons. The summed E-state index contributed by atoms with van der Waals surface area (Å²) >= 11 is 1.61. The fourth-order valence-electron chi connectivity index (χ4n) is 2.42. The number of guanidine groups is 1. The highest BCUT2D eigenvalue weighted by Gasteiger charge is 2.30. The van der Waals surface area contributed by atoms with Crippen LogP contribution in [0.2, 0.25) is 0 Å². The zero-order chi connectivity index (χ0) is 21.3. The number of benzene rings is 1. The van der Waals surface area contributed by atoms with Gasteiger partial charge in [-0.25, -0.2) is 4.98 Å². The molecule has 1 aromatic heterocycles. The Labute approximate surface area is 194 Å². The van der Waals surface area contributed by atoms with Crippen LogP contribution in [0.4, 0.5) is 13.2 Å². The maximum Gasteiger partial charge on any atom is 0.416 e. The number of amides is 1. The smallest absolute Gasteiger partial charge is 0.357 e. The van der Waals surface area contributed by atoms with E-state index in [9.17, 15) is 18.0 Å². The van der Waals surface area contributed by atoms with E-state index in [1.165, 1.54) is 0 Å². The number of hydrogen-bond donors (Lipinski definition) is 3. The van der Waals surface area contributed by atoms with Crippen LogP contribution in [0.1, 0.15) is 33.5 Å². The third kappa shape index (κ3) is 8.86. The summed E-state index contributed by atoms with van der Waals surface area (Å²) in [4.78, 5) is 20.9. The predicted octanol–water partition coefficient (Wildman–Crippen LogP) is 3.62. The van der Waals surface area contributed by atoms with Crippen molar-refractivity contribution >= 4 is 47.2 Å². The Bertz CT molecular complexity index is 824. The Hall–Kier alpha value is -1.89. The zero-order valence-electron chi connectivity index (χ0n) is 16.7. The maximum absolute atomic E-state index is 12.6. The predicted molar refractivity (Wildman–Crippen MR) is 124 cm³/mol. The second-order valence-corrected chi connectivity index (χ2v) is 7.19. The first-order valence-electron chi connectivity index (χ1n) is 9.18. The molecule has 11 heteroatoms. The molecular formula is C19H25F3IN5OS. The fraction of sp³-hybridized carbons (Fsp3) is 0.421. The standard InChI is InChI=1S/C19H24F3N5OS.HI/c1-3-23-18(25-9-8-16-12-29-13(2)27-16)26-11-10-24-17(28)14-4-6-15(7-5-14)19(20,21)22;/h4-7,12H,3,8-11H2,1-2H3,(H,24,28)(H2,23,25,26);1H. The zero-order valence-corrected chi connectivity index (χ0v) is 19.8. The topological polar surface area (TPSA) is 78.4 Å². The van der Waals surface area contributed by atoms with Crippen molar-refractivity contribution in [3.63, 3.8) is 0 Å². The lowest BCUT2D eigenvalue weighted by atomic mass is 10.1. The molecule has 0 spiro atoms. The number of rotatable bonds is 8. The Morgan fingerprint density at radius 3 is 2.37 bits per heavy atom. The van der Waals surface area contributed by atoms with E-state index in [0.29, 0.717) is 32.1 Å². The summed E-state index contributed by atoms with van der Waals surface area (Å²) in [5.41, 5.74) is 0.406. The van der Waals surface area contributed by atoms with Crippen molar-refractivity contribution in [1.29, 1.82) is 0 Å². The number of hydrogen-bond acceptors (Lipinski definition) is 4. The van der Waals surface area contributed by atoms with Gasteiger partial charge in [0, 0.05) is 43.5 Å². The SMILES string of the molecule is CCNC(=NCCc1csc(C)n1)NCCNC(=O)c1ccc(C(F)(F)F)cc1.I. The summed E-state index contributed by atoms with van der Waals surface area (Å²) < 4.78 is 37.7. The van der Waals surface area contributed by atoms with E-state index in [2.05, 4.69) is 25.9 Å². The summed E-state index contributed by atoms with van der Waals surface area (Å²) in [6.45, 7) is 5.91. The number of thiazole rings is 1. The average molecular weight is 555 g/mol. The molecule has 166 valence electrons. The van der Waals surface area contributed by atoms with Crippen molar-refractivity contribution in [3.05, 3.63) is 51.5 Å². The van der Waals surface area contributed by atoms with Crippen molar-refractivity contribution in [2.45, 2.75) is 26.4 Å². The van der Waals surface area contributed by atoms with Gasteiger partial charge in [-0.05, 0) is 38.1 Å². The molecule has 0 aliphatic heterocycles. The van der Waals surface area contributed by atoms with Gasteiger partial charge >= 0.3 is 6.18 Å². The van der Waals surface area contributed by atoms with Gasteiger partial charge in [0.05, 0.1) is 16.3 Å². The molecule has 30 heavy (non-hydrogen) atoms. The number of carbonyl (C=O) groups is 1. The Balaban J connectivity index is 0.00000450. The molecule has 1 aromatic carbocycles. The molecular weight excluding hydrogens is 530 g/mol. The van der Waals surface area contributed by atoms with Crippen LogP contribution in [0, 0.1) is 6.92 Å². The minimum atomic E-state index is -4.42. The molecule has 1 amide bonds. The third-order valence-corrected chi connectivity index (χ3v) is 4.65. The molecule has 0 bridgehead atoms. The molecule has 0 atom stereocenters. The van der Waals surface area contributed by atoms with Crippen molar-refractivity contribution in [3.8, 4) is 0 Å². The van der Waals surface area contributed by atoms with Gasteiger partial charge in [-0.1, -0.05) is 0 Å². The Morgan fingerprint density at radius 2 is 1.80 bits per heavy atom. The average Bonchev–Trinajstić information content (AvgIpc) is 3.09. The second-order valence-electron chi connectivity index (χ2n) is 6.13. The van der Waals surface area contributed by atoms with Crippen molar-refractivity contribution < 1.29 is 18.0 Å². The van der Waals surface area contributed by atoms with Crippen LogP contribution in [0.15, 0.2) is 34.6 Å². The first-order valence-corrected chi connectivity index (χ1v) is 10.1. The molecule has 6 nitrogen and oxygen atoms in total. The minimum Gasteiger partial charge on any atom is -0.357 e. The first-order chi connectivity index (χ1) is 13.8. The van der Waals surface area contributed by atoms with Crippen molar-refractivity contribution in [1.82, 2.24) is 20.9 Å². The molecule has 0 fully saturated rings. The number of aromatic nitrogens is 1. The van der Waals surface area contributed by atoms with Gasteiger partial charge in [-0.3, -0.25) is 9.79 Å². The van der Waals surface area contributed by atoms with Crippen LogP contribution in [0.5, 0.6) is 0 Å². The van der Waals surface area contributed by atoms with Gasteiger partial charge in [0.2, 0.25) is 0 Å². The van der Waals surface area contributed by atoms with E-state index in [1.54, 1.807) is 11.3 Å². The molecule has 0 saturated heterocycles. The van der Waals surface area contributed by atoms with E-state index in [-0.39, 0.29) is 29.5 Å². The van der Waals surface area contributed by atoms with Crippen LogP contribution in [0.25, 0.3) is 0 Å². The number of aryl methyl sites for hydroxylation is 1. The van der Waals surface area contributed by atoms with Gasteiger partial charge in [-0.2, -0.15) is 13.2 Å². The van der Waals surface area contributed by atoms with E-state index in [0.717, 1.165) is 41.4 Å². The Morgan fingerprint density at radius 1 is 1.13 bits per heavy atom. The number of halogens is 4. The van der Waals surface area contributed by atoms with Crippen LogP contribution in [-0.2, 0) is 12.6 Å². The summed E-state index contributed by atoms with van der Waals surface area (Å²) in [7, 11) is 0. The second kappa shape index (κ2) is 12.7. The van der Waals surface area contributed by atoms with Crippen molar-refractivity contribution in [2.24, 2.45) is 4.99 Å². The highest BCUT2D eigenvalue weighted by Crippen LogP contribution is 2.29. The summed E-state index contributed by atoms with van der Waals surface area (Å²) in [6.07, 6.45) is -3.68. The van der Waals surface area contributed by atoms with Gasteiger partial charge in [-0.15, -0.1) is 35.3 Å². The molecule has 0 saturated carbocycles. The summed E-state index contributed by atoms with van der Waals surface area (Å²) in [5.74, 6) is 0.199. The lowest BCUT2D eigenvalue weighted by Crippen LogP contribution is -2.41. The normalized spacial score (nSPS) is 11.6. The van der Waals surface area contributed by atoms with Gasteiger partial charge < -0.3 is 16.0 Å². The molecule has 3 N–H and O–H groups in total. The Kier molecular flexibility index (Phi) is 11.1. The number of nitrogens with one attached hydrogen (secondary N) is 3. The maximum atomic E-state index is 12.6. The number of alkyl halides is 3. The van der Waals surface area contributed by atoms with Crippen LogP contribution in [0.3, 0.4) is 0 Å². The molecule has 0 aliphatic carbocycles. The number of carbonyl (C=O) groups excluding carboxylic acids is 1. The summed E-state index contributed by atoms with van der Waals surface area (Å²) in [5, 5.41) is 11.9. The lowest BCUT2D eigenvalue weighted by molar-refractivity contribution is -0.137. The monoisotopic (exact) mass is 555 g/mol. The van der Waals surface area contributed by atoms with Crippen LogP contribution >= 0.6 is 35.3 Å². The van der Waals surface area contributed by atoms with E-state index >= 15 is 0 Å². The third-order valence-electron chi connectivity index (χ3n) is 3.83. The highest BCUT2D eigenvalue weighted by atomic mass is 127. The van der Waals surface area contributed by atoms with Gasteiger partial charge in [0.1, 0.15) is 0 Å². The number of nitrogens with zero attached hydrogens (tertiary/aromatic N) is 2. The molecule has 0 aliphatic rings. The van der Waals surface area contributed by atoms with E-state index in [4.69, 9.17) is 0 Å². The van der Waals surface area contributed by atoms with Crippen LogP contribution in [-0.4, -0.2) is 43.0 Å². The first kappa shape index (κ1) is 26.1. The van der Waals surface area contributed by atoms with Crippen molar-refractivity contribution in [2.75, 3.05) is 26.2 Å². The van der Waals surface area contributed by atoms with E-state index < -0.39 is 17.6 Å². The lowest BCUT2D eigenvalue weighted by Gasteiger charge is -2.12.